The van der Waals surface area contributed by atoms with Crippen LogP contribution in [-0.2, 0) is 4.79 Å². The molecule has 1 N–H and O–H groups in total. The highest BCUT2D eigenvalue weighted by Crippen LogP contribution is 2.29. The van der Waals surface area contributed by atoms with E-state index in [1.807, 2.05) is 19.1 Å². The first-order valence-corrected chi connectivity index (χ1v) is 5.36. The Labute approximate surface area is 92.5 Å². The van der Waals surface area contributed by atoms with Gasteiger partial charge in [-0.05, 0) is 31.9 Å². The molecule has 0 atom stereocenters. The molecule has 0 saturated heterocycles. The van der Waals surface area contributed by atoms with Gasteiger partial charge in [0.15, 0.2) is 11.5 Å². The number of aromatic nitrogens is 3. The van der Waals surface area contributed by atoms with Crippen molar-refractivity contribution in [2.45, 2.75) is 19.8 Å². The van der Waals surface area contributed by atoms with Crippen LogP contribution in [0.15, 0.2) is 18.3 Å². The quantitative estimate of drug-likeness (QED) is 0.825. The summed E-state index contributed by atoms with van der Waals surface area (Å²) in [6.07, 6.45) is 3.73. The van der Waals surface area contributed by atoms with Gasteiger partial charge in [-0.25, -0.2) is 9.50 Å². The van der Waals surface area contributed by atoms with E-state index in [9.17, 15) is 4.79 Å². The molecule has 0 radical (unpaired) electrons. The van der Waals surface area contributed by atoms with Gasteiger partial charge in [0.25, 0.3) is 0 Å². The summed E-state index contributed by atoms with van der Waals surface area (Å²) in [4.78, 5) is 15.8. The van der Waals surface area contributed by atoms with Crippen LogP contribution >= 0.6 is 0 Å². The van der Waals surface area contributed by atoms with Gasteiger partial charge in [0, 0.05) is 5.92 Å². The van der Waals surface area contributed by atoms with Gasteiger partial charge in [-0.2, -0.15) is 5.10 Å². The van der Waals surface area contributed by atoms with Crippen molar-refractivity contribution in [2.75, 3.05) is 5.32 Å². The Morgan fingerprint density at radius 1 is 1.50 bits per heavy atom. The summed E-state index contributed by atoms with van der Waals surface area (Å²) >= 11 is 0. The zero-order valence-electron chi connectivity index (χ0n) is 8.97. The molecule has 2 aromatic heterocycles. The molecule has 1 aliphatic rings. The van der Waals surface area contributed by atoms with E-state index in [1.165, 1.54) is 0 Å². The van der Waals surface area contributed by atoms with Crippen molar-refractivity contribution in [2.24, 2.45) is 5.92 Å². The molecule has 5 nitrogen and oxygen atoms in total. The highest BCUT2D eigenvalue weighted by atomic mass is 16.2. The van der Waals surface area contributed by atoms with E-state index < -0.39 is 0 Å². The van der Waals surface area contributed by atoms with Crippen molar-refractivity contribution in [3.8, 4) is 0 Å². The molecular weight excluding hydrogens is 204 g/mol. The molecule has 2 heterocycles. The fraction of sp³-hybridized carbons (Fsp3) is 0.364. The monoisotopic (exact) mass is 216 g/mol. The second kappa shape index (κ2) is 3.30. The van der Waals surface area contributed by atoms with E-state index in [1.54, 1.807) is 10.7 Å². The van der Waals surface area contributed by atoms with Crippen LogP contribution < -0.4 is 5.32 Å². The fourth-order valence-corrected chi connectivity index (χ4v) is 1.61. The first kappa shape index (κ1) is 9.33. The van der Waals surface area contributed by atoms with Gasteiger partial charge in [-0.1, -0.05) is 0 Å². The van der Waals surface area contributed by atoms with Crippen molar-refractivity contribution in [3.05, 3.63) is 24.0 Å². The Morgan fingerprint density at radius 2 is 2.31 bits per heavy atom. The van der Waals surface area contributed by atoms with Gasteiger partial charge in [0.05, 0.1) is 11.9 Å². The molecule has 1 aliphatic carbocycles. The van der Waals surface area contributed by atoms with Gasteiger partial charge in [-0.3, -0.25) is 4.79 Å². The Balaban J connectivity index is 1.89. The fourth-order valence-electron chi connectivity index (χ4n) is 1.61. The lowest BCUT2D eigenvalue weighted by Gasteiger charge is -1.96. The number of hydrogen-bond acceptors (Lipinski definition) is 3. The highest BCUT2D eigenvalue weighted by molar-refractivity contribution is 5.93. The number of carbonyl (C=O) groups excluding carboxylic acids is 1. The van der Waals surface area contributed by atoms with E-state index in [4.69, 9.17) is 0 Å². The minimum Gasteiger partial charge on any atom is -0.309 e. The third kappa shape index (κ3) is 1.64. The lowest BCUT2D eigenvalue weighted by atomic mass is 10.4. The SMILES string of the molecule is Cc1ccc2nc(NC(=O)C3CC3)cn2n1. The molecule has 0 aliphatic heterocycles. The number of imidazole rings is 1. The number of rotatable bonds is 2. The van der Waals surface area contributed by atoms with E-state index in [0.717, 1.165) is 24.2 Å². The van der Waals surface area contributed by atoms with Crippen LogP contribution in [0.3, 0.4) is 0 Å². The Morgan fingerprint density at radius 3 is 3.06 bits per heavy atom. The Bertz CT molecular complexity index is 556. The van der Waals surface area contributed by atoms with Crippen molar-refractivity contribution < 1.29 is 4.79 Å². The summed E-state index contributed by atoms with van der Waals surface area (Å²) in [6, 6.07) is 3.78. The topological polar surface area (TPSA) is 59.3 Å². The van der Waals surface area contributed by atoms with E-state index in [0.29, 0.717) is 5.82 Å². The molecule has 0 unspecified atom stereocenters. The highest BCUT2D eigenvalue weighted by Gasteiger charge is 2.29. The predicted octanol–water partition coefficient (Wildman–Crippen LogP) is 1.39. The van der Waals surface area contributed by atoms with E-state index >= 15 is 0 Å². The zero-order valence-corrected chi connectivity index (χ0v) is 8.97. The van der Waals surface area contributed by atoms with Gasteiger partial charge >= 0.3 is 0 Å². The van der Waals surface area contributed by atoms with Crippen LogP contribution in [0, 0.1) is 12.8 Å². The normalized spacial score (nSPS) is 15.3. The first-order valence-electron chi connectivity index (χ1n) is 5.36. The summed E-state index contributed by atoms with van der Waals surface area (Å²) in [7, 11) is 0. The minimum atomic E-state index is 0.0696. The van der Waals surface area contributed by atoms with Crippen molar-refractivity contribution in [1.82, 2.24) is 14.6 Å². The van der Waals surface area contributed by atoms with Crippen molar-refractivity contribution in [1.29, 1.82) is 0 Å². The molecule has 0 spiro atoms. The molecule has 16 heavy (non-hydrogen) atoms. The second-order valence-electron chi connectivity index (χ2n) is 4.17. The second-order valence-corrected chi connectivity index (χ2v) is 4.17. The Kier molecular flexibility index (Phi) is 1.92. The molecule has 1 fully saturated rings. The van der Waals surface area contributed by atoms with Crippen LogP contribution in [0.4, 0.5) is 5.82 Å². The van der Waals surface area contributed by atoms with Crippen LogP contribution in [0.2, 0.25) is 0 Å². The molecule has 2 aromatic rings. The average molecular weight is 216 g/mol. The van der Waals surface area contributed by atoms with Crippen molar-refractivity contribution in [3.63, 3.8) is 0 Å². The summed E-state index contributed by atoms with van der Waals surface area (Å²) < 4.78 is 1.68. The number of carbonyl (C=O) groups is 1. The standard InChI is InChI=1S/C11H12N4O/c1-7-2-5-10-12-9(6-15(10)14-7)13-11(16)8-3-4-8/h2,5-6,8H,3-4H2,1H3,(H,13,16). The zero-order chi connectivity index (χ0) is 11.1. The molecule has 3 rings (SSSR count). The summed E-state index contributed by atoms with van der Waals surface area (Å²) in [5.74, 6) is 0.842. The molecule has 0 bridgehead atoms. The smallest absolute Gasteiger partial charge is 0.228 e. The van der Waals surface area contributed by atoms with Crippen molar-refractivity contribution >= 4 is 17.4 Å². The maximum atomic E-state index is 11.5. The van der Waals surface area contributed by atoms with Crippen LogP contribution in [-0.4, -0.2) is 20.5 Å². The third-order valence-electron chi connectivity index (χ3n) is 2.65. The molecule has 0 aromatic carbocycles. The van der Waals surface area contributed by atoms with Crippen LogP contribution in [0.5, 0.6) is 0 Å². The summed E-state index contributed by atoms with van der Waals surface area (Å²) in [5, 5.41) is 7.07. The van der Waals surface area contributed by atoms with E-state index in [-0.39, 0.29) is 11.8 Å². The predicted molar refractivity (Wildman–Crippen MR) is 59.1 cm³/mol. The van der Waals surface area contributed by atoms with E-state index in [2.05, 4.69) is 15.4 Å². The lowest BCUT2D eigenvalue weighted by molar-refractivity contribution is -0.117. The first-order chi connectivity index (χ1) is 7.72. The molecule has 1 saturated carbocycles. The number of nitrogens with one attached hydrogen (secondary N) is 1. The number of aryl methyl sites for hydroxylation is 1. The van der Waals surface area contributed by atoms with Gasteiger partial charge in [0.1, 0.15) is 0 Å². The third-order valence-corrected chi connectivity index (χ3v) is 2.65. The largest absolute Gasteiger partial charge is 0.309 e. The maximum absolute atomic E-state index is 11.5. The average Bonchev–Trinajstić information content (AvgIpc) is 3.00. The summed E-state index contributed by atoms with van der Waals surface area (Å²) in [6.45, 7) is 1.92. The summed E-state index contributed by atoms with van der Waals surface area (Å²) in [5.41, 5.74) is 1.67. The Hall–Kier alpha value is -1.91. The number of anilines is 1. The minimum absolute atomic E-state index is 0.0696. The van der Waals surface area contributed by atoms with Crippen LogP contribution in [0.25, 0.3) is 5.65 Å². The van der Waals surface area contributed by atoms with Gasteiger partial charge in [-0.15, -0.1) is 0 Å². The molecule has 1 amide bonds. The number of hydrogen-bond donors (Lipinski definition) is 1. The molecule has 82 valence electrons. The molecule has 5 heteroatoms. The lowest BCUT2D eigenvalue weighted by Crippen LogP contribution is -2.13. The molecular formula is C11H12N4O. The number of nitrogens with zero attached hydrogens (tertiary/aromatic N) is 3. The number of amides is 1. The van der Waals surface area contributed by atoms with Gasteiger partial charge < -0.3 is 5.32 Å². The number of fused-ring (bicyclic) bond motifs is 1. The van der Waals surface area contributed by atoms with Crippen LogP contribution in [0.1, 0.15) is 18.5 Å². The maximum Gasteiger partial charge on any atom is 0.228 e. The van der Waals surface area contributed by atoms with Gasteiger partial charge in [0.2, 0.25) is 5.91 Å².